The van der Waals surface area contributed by atoms with Crippen molar-refractivity contribution in [3.05, 3.63) is 28.3 Å². The Balaban J connectivity index is 2.15. The van der Waals surface area contributed by atoms with Crippen molar-refractivity contribution >= 4 is 22.9 Å². The predicted molar refractivity (Wildman–Crippen MR) is 56.9 cm³/mol. The molecule has 0 atom stereocenters. The van der Waals surface area contributed by atoms with Gasteiger partial charge in [-0.2, -0.15) is 0 Å². The fourth-order valence-electron chi connectivity index (χ4n) is 1.14. The van der Waals surface area contributed by atoms with Crippen LogP contribution in [0.1, 0.15) is 30.6 Å². The third-order valence-electron chi connectivity index (χ3n) is 1.80. The van der Waals surface area contributed by atoms with Crippen LogP contribution in [0.15, 0.2) is 12.1 Å². The number of aryl methyl sites for hydroxylation is 1. The van der Waals surface area contributed by atoms with Crippen molar-refractivity contribution in [2.75, 3.05) is 0 Å². The van der Waals surface area contributed by atoms with E-state index in [9.17, 15) is 0 Å². The molecule has 0 aliphatic heterocycles. The lowest BCUT2D eigenvalue weighted by atomic mass is 10.1. The molecule has 2 heteroatoms. The minimum atomic E-state index is 0.905. The van der Waals surface area contributed by atoms with E-state index in [4.69, 9.17) is 11.6 Å². The Bertz CT molecular complexity index is 217. The van der Waals surface area contributed by atoms with Gasteiger partial charge < -0.3 is 0 Å². The van der Waals surface area contributed by atoms with Crippen LogP contribution in [0.5, 0.6) is 0 Å². The van der Waals surface area contributed by atoms with Gasteiger partial charge in [-0.25, -0.2) is 0 Å². The van der Waals surface area contributed by atoms with E-state index >= 15 is 0 Å². The summed E-state index contributed by atoms with van der Waals surface area (Å²) in [5.74, 6) is 0. The van der Waals surface area contributed by atoms with Crippen LogP contribution < -0.4 is 0 Å². The summed E-state index contributed by atoms with van der Waals surface area (Å²) in [5, 5.41) is 0. The summed E-state index contributed by atoms with van der Waals surface area (Å²) < 4.78 is 0.905. The third-order valence-corrected chi connectivity index (χ3v) is 3.09. The molecule has 0 aliphatic rings. The van der Waals surface area contributed by atoms with Gasteiger partial charge in [0.25, 0.3) is 0 Å². The smallest absolute Gasteiger partial charge is 0.0931 e. The van der Waals surface area contributed by atoms with Crippen LogP contribution in [0.3, 0.4) is 0 Å². The lowest BCUT2D eigenvalue weighted by molar-refractivity contribution is 0.690. The number of hydrogen-bond acceptors (Lipinski definition) is 1. The van der Waals surface area contributed by atoms with Crippen molar-refractivity contribution in [2.45, 2.75) is 32.1 Å². The monoisotopic (exact) mass is 201 g/mol. The summed E-state index contributed by atoms with van der Waals surface area (Å²) in [6, 6.07) is 4.10. The fraction of sp³-hybridized carbons (Fsp3) is 0.500. The van der Waals surface area contributed by atoms with E-state index in [-0.39, 0.29) is 0 Å². The Morgan fingerprint density at radius 2 is 2.08 bits per heavy atom. The first-order valence-electron chi connectivity index (χ1n) is 4.36. The Labute approximate surface area is 83.6 Å². The van der Waals surface area contributed by atoms with E-state index in [1.54, 1.807) is 11.3 Å². The highest BCUT2D eigenvalue weighted by Crippen LogP contribution is 2.22. The highest BCUT2D eigenvalue weighted by molar-refractivity contribution is 7.16. The van der Waals surface area contributed by atoms with Gasteiger partial charge in [0, 0.05) is 4.88 Å². The molecule has 0 aliphatic carbocycles. The molecule has 0 saturated heterocycles. The molecule has 1 rings (SSSR count). The summed E-state index contributed by atoms with van der Waals surface area (Å²) in [6.45, 7) is 3.82. The Kier molecular flexibility index (Phi) is 4.70. The van der Waals surface area contributed by atoms with Crippen molar-refractivity contribution in [3.8, 4) is 0 Å². The lowest BCUT2D eigenvalue weighted by Gasteiger charge is -1.95. The number of unbranched alkanes of at least 4 members (excludes halogenated alkanes) is 3. The van der Waals surface area contributed by atoms with Crippen LogP contribution in [0.4, 0.5) is 0 Å². The van der Waals surface area contributed by atoms with Crippen LogP contribution >= 0.6 is 22.9 Å². The number of thiophene rings is 1. The second kappa shape index (κ2) is 5.60. The molecular weight excluding hydrogens is 188 g/mol. The van der Waals surface area contributed by atoms with Crippen LogP contribution in [0.2, 0.25) is 4.34 Å². The van der Waals surface area contributed by atoms with Crippen LogP contribution in [-0.2, 0) is 6.42 Å². The maximum Gasteiger partial charge on any atom is 0.0931 e. The molecular formula is C10H14ClS. The van der Waals surface area contributed by atoms with E-state index in [2.05, 4.69) is 13.0 Å². The van der Waals surface area contributed by atoms with E-state index in [0.29, 0.717) is 0 Å². The first-order valence-corrected chi connectivity index (χ1v) is 5.56. The predicted octanol–water partition coefficient (Wildman–Crippen LogP) is 4.34. The molecule has 1 aromatic rings. The van der Waals surface area contributed by atoms with Gasteiger partial charge in [0.15, 0.2) is 0 Å². The molecule has 0 bridgehead atoms. The van der Waals surface area contributed by atoms with Crippen LogP contribution in [0.25, 0.3) is 0 Å². The summed E-state index contributed by atoms with van der Waals surface area (Å²) in [6.07, 6.45) is 6.05. The second-order valence-corrected chi connectivity index (χ2v) is 4.67. The van der Waals surface area contributed by atoms with Crippen molar-refractivity contribution in [1.82, 2.24) is 0 Å². The molecule has 1 radical (unpaired) electrons. The van der Waals surface area contributed by atoms with Gasteiger partial charge in [-0.05, 0) is 25.0 Å². The largest absolute Gasteiger partial charge is 0.128 e. The summed E-state index contributed by atoms with van der Waals surface area (Å²) in [7, 11) is 0. The standard InChI is InChI=1S/C10H14ClS/c1-2-3-4-5-6-9-7-8-10(11)12-9/h7-8H,1-6H2. The molecule has 0 saturated carbocycles. The first kappa shape index (κ1) is 10.1. The molecule has 0 amide bonds. The molecule has 12 heavy (non-hydrogen) atoms. The molecule has 0 aromatic carbocycles. The zero-order chi connectivity index (χ0) is 8.81. The summed E-state index contributed by atoms with van der Waals surface area (Å²) in [5.41, 5.74) is 0. The average Bonchev–Trinajstić information content (AvgIpc) is 2.45. The van der Waals surface area contributed by atoms with E-state index < -0.39 is 0 Å². The topological polar surface area (TPSA) is 0 Å². The zero-order valence-corrected chi connectivity index (χ0v) is 8.76. The first-order chi connectivity index (χ1) is 5.83. The normalized spacial score (nSPS) is 10.5. The minimum absolute atomic E-state index is 0.905. The van der Waals surface area contributed by atoms with Gasteiger partial charge in [0.05, 0.1) is 4.34 Å². The summed E-state index contributed by atoms with van der Waals surface area (Å²) in [4.78, 5) is 1.41. The van der Waals surface area contributed by atoms with E-state index in [1.165, 1.54) is 30.6 Å². The Morgan fingerprint density at radius 3 is 2.67 bits per heavy atom. The fourth-order valence-corrected chi connectivity index (χ4v) is 2.27. The van der Waals surface area contributed by atoms with Crippen molar-refractivity contribution in [1.29, 1.82) is 0 Å². The van der Waals surface area contributed by atoms with Crippen molar-refractivity contribution in [3.63, 3.8) is 0 Å². The third kappa shape index (κ3) is 3.59. The highest BCUT2D eigenvalue weighted by atomic mass is 35.5. The van der Waals surface area contributed by atoms with Gasteiger partial charge in [0.2, 0.25) is 0 Å². The molecule has 1 heterocycles. The molecule has 0 N–H and O–H groups in total. The number of hydrogen-bond donors (Lipinski definition) is 0. The zero-order valence-electron chi connectivity index (χ0n) is 7.18. The Morgan fingerprint density at radius 1 is 1.25 bits per heavy atom. The maximum absolute atomic E-state index is 5.81. The highest BCUT2D eigenvalue weighted by Gasteiger charge is 1.96. The SMILES string of the molecule is [CH2]CCCCCc1ccc(Cl)s1. The van der Waals surface area contributed by atoms with Gasteiger partial charge in [-0.3, -0.25) is 0 Å². The lowest BCUT2D eigenvalue weighted by Crippen LogP contribution is -1.80. The second-order valence-electron chi connectivity index (χ2n) is 2.87. The quantitative estimate of drug-likeness (QED) is 0.622. The molecule has 0 unspecified atom stereocenters. The summed E-state index contributed by atoms with van der Waals surface area (Å²) >= 11 is 7.50. The van der Waals surface area contributed by atoms with Crippen LogP contribution in [-0.4, -0.2) is 0 Å². The van der Waals surface area contributed by atoms with E-state index in [1.807, 2.05) is 6.07 Å². The molecule has 0 nitrogen and oxygen atoms in total. The van der Waals surface area contributed by atoms with Crippen molar-refractivity contribution < 1.29 is 0 Å². The van der Waals surface area contributed by atoms with Gasteiger partial charge in [-0.1, -0.05) is 37.8 Å². The number of rotatable bonds is 5. The van der Waals surface area contributed by atoms with Gasteiger partial charge >= 0.3 is 0 Å². The maximum atomic E-state index is 5.81. The van der Waals surface area contributed by atoms with E-state index in [0.717, 1.165) is 10.8 Å². The minimum Gasteiger partial charge on any atom is -0.128 e. The van der Waals surface area contributed by atoms with Gasteiger partial charge in [0.1, 0.15) is 0 Å². The molecule has 0 fully saturated rings. The molecule has 1 aromatic heterocycles. The molecule has 67 valence electrons. The van der Waals surface area contributed by atoms with Gasteiger partial charge in [-0.15, -0.1) is 11.3 Å². The average molecular weight is 202 g/mol. The van der Waals surface area contributed by atoms with Crippen molar-refractivity contribution in [2.24, 2.45) is 0 Å². The van der Waals surface area contributed by atoms with Crippen LogP contribution in [0, 0.1) is 6.92 Å². The number of halogens is 1. The Hall–Kier alpha value is -0.0100. The molecule has 0 spiro atoms.